The summed E-state index contributed by atoms with van der Waals surface area (Å²) in [5.74, 6) is 1.13. The largest absolute Gasteiger partial charge is 0.514 e. The van der Waals surface area contributed by atoms with E-state index >= 15 is 0 Å². The zero-order chi connectivity index (χ0) is 10.5. The van der Waals surface area contributed by atoms with Gasteiger partial charge in [-0.1, -0.05) is 6.08 Å². The van der Waals surface area contributed by atoms with Gasteiger partial charge >= 0.3 is 23.7 Å². The number of allylic oxidation sites excluding steroid dienone is 1. The molecule has 5 nitrogen and oxygen atoms in total. The van der Waals surface area contributed by atoms with Gasteiger partial charge in [-0.15, -0.1) is 0 Å². The summed E-state index contributed by atoms with van der Waals surface area (Å²) in [7, 11) is -7.68. The van der Waals surface area contributed by atoms with Gasteiger partial charge in [-0.25, -0.2) is 4.57 Å². The molecule has 0 aromatic carbocycles. The predicted molar refractivity (Wildman–Crippen MR) is 51.7 cm³/mol. The van der Waals surface area contributed by atoms with E-state index in [0.29, 0.717) is 0 Å². The fourth-order valence-corrected chi connectivity index (χ4v) is 4.32. The minimum atomic E-state index is -3.58. The second-order valence-electron chi connectivity index (χ2n) is 2.06. The van der Waals surface area contributed by atoms with Crippen LogP contribution in [0, 0.1) is 0 Å². The lowest BCUT2D eigenvalue weighted by atomic mass is 10.8. The van der Waals surface area contributed by atoms with Crippen molar-refractivity contribution in [2.24, 2.45) is 0 Å². The third-order valence-corrected chi connectivity index (χ3v) is 5.11. The van der Waals surface area contributed by atoms with Crippen LogP contribution in [0.25, 0.3) is 0 Å². The molecule has 0 aliphatic rings. The van der Waals surface area contributed by atoms with Gasteiger partial charge in [0.15, 0.2) is 13.3 Å². The van der Waals surface area contributed by atoms with Crippen molar-refractivity contribution in [3.8, 4) is 0 Å². The molecule has 0 aromatic heterocycles. The van der Waals surface area contributed by atoms with Gasteiger partial charge in [0.1, 0.15) is 0 Å². The van der Waals surface area contributed by atoms with Gasteiger partial charge in [-0.3, -0.25) is 0 Å². The Balaban J connectivity index is 4.63. The zero-order valence-electron chi connectivity index (χ0n) is 7.54. The van der Waals surface area contributed by atoms with Crippen molar-refractivity contribution in [1.29, 1.82) is 0 Å². The van der Waals surface area contributed by atoms with Gasteiger partial charge in [0.05, 0.1) is 0 Å². The number of rotatable bonds is 5. The number of hydrogen-bond donors (Lipinski definition) is 0. The van der Waals surface area contributed by atoms with E-state index in [0.717, 1.165) is 5.82 Å². The second kappa shape index (κ2) is 5.74. The molecule has 0 fully saturated rings. The van der Waals surface area contributed by atoms with Gasteiger partial charge in [0.25, 0.3) is 0 Å². The first-order valence-corrected chi connectivity index (χ1v) is 8.20. The van der Waals surface area contributed by atoms with Gasteiger partial charge in [0, 0.05) is 5.82 Å². The Morgan fingerprint density at radius 1 is 1.15 bits per heavy atom. The fraction of sp³-hybridized carbons (Fsp3) is 0.600. The standard InChI is InChI=1S/C5H11O5P3/c1-4-5-13(8,9-11(2)6)10-12(3)7/h4-5H,1-3H3/q+2/b5-4+. The monoisotopic (exact) mass is 244 g/mol. The van der Waals surface area contributed by atoms with Crippen LogP contribution in [0.1, 0.15) is 6.92 Å². The van der Waals surface area contributed by atoms with E-state index in [1.165, 1.54) is 19.4 Å². The third kappa shape index (κ3) is 6.20. The van der Waals surface area contributed by atoms with Crippen LogP contribution in [-0.2, 0) is 22.3 Å². The Morgan fingerprint density at radius 2 is 1.54 bits per heavy atom. The molecular formula is C5H11O5P3+2. The SMILES string of the molecule is C/C=C/P(=O)(O[P+](C)=O)O[P+](C)=O. The molecule has 2 atom stereocenters. The summed E-state index contributed by atoms with van der Waals surface area (Å²) in [5.41, 5.74) is 0. The van der Waals surface area contributed by atoms with Crippen molar-refractivity contribution >= 4 is 23.7 Å². The highest BCUT2D eigenvalue weighted by molar-refractivity contribution is 7.68. The van der Waals surface area contributed by atoms with Crippen molar-refractivity contribution in [3.63, 3.8) is 0 Å². The van der Waals surface area contributed by atoms with Gasteiger partial charge < -0.3 is 0 Å². The van der Waals surface area contributed by atoms with Crippen LogP contribution >= 0.6 is 23.7 Å². The average Bonchev–Trinajstić information content (AvgIpc) is 1.81. The summed E-state index contributed by atoms with van der Waals surface area (Å²) in [6.07, 6.45) is 1.43. The van der Waals surface area contributed by atoms with Crippen LogP contribution < -0.4 is 0 Å². The molecule has 0 heterocycles. The molecule has 13 heavy (non-hydrogen) atoms. The van der Waals surface area contributed by atoms with Gasteiger partial charge in [0.2, 0.25) is 0 Å². The first-order valence-electron chi connectivity index (χ1n) is 3.34. The van der Waals surface area contributed by atoms with E-state index in [9.17, 15) is 13.7 Å². The van der Waals surface area contributed by atoms with E-state index in [1.807, 2.05) is 0 Å². The molecule has 0 saturated carbocycles. The molecule has 0 bridgehead atoms. The van der Waals surface area contributed by atoms with Crippen molar-refractivity contribution in [2.75, 3.05) is 13.3 Å². The highest BCUT2D eigenvalue weighted by Crippen LogP contribution is 2.60. The maximum atomic E-state index is 11.5. The lowest BCUT2D eigenvalue weighted by Gasteiger charge is -1.96. The normalized spacial score (nSPS) is 18.4. The second-order valence-corrected chi connectivity index (χ2v) is 6.51. The van der Waals surface area contributed by atoms with Crippen LogP contribution in [0.3, 0.4) is 0 Å². The molecule has 0 aliphatic carbocycles. The summed E-state index contributed by atoms with van der Waals surface area (Å²) >= 11 is 0. The molecule has 74 valence electrons. The Hall–Kier alpha value is 0.0900. The summed E-state index contributed by atoms with van der Waals surface area (Å²) in [6, 6.07) is 0. The molecule has 0 aromatic rings. The summed E-state index contributed by atoms with van der Waals surface area (Å²) < 4.78 is 42.0. The summed E-state index contributed by atoms with van der Waals surface area (Å²) in [6.45, 7) is 4.10. The van der Waals surface area contributed by atoms with Crippen molar-refractivity contribution in [3.05, 3.63) is 11.9 Å². The van der Waals surface area contributed by atoms with Gasteiger partial charge in [-0.2, -0.15) is 0 Å². The maximum absolute atomic E-state index is 11.5. The third-order valence-electron chi connectivity index (χ3n) is 0.789. The van der Waals surface area contributed by atoms with Crippen molar-refractivity contribution in [2.45, 2.75) is 6.92 Å². The Bertz CT molecular complexity index is 264. The average molecular weight is 244 g/mol. The highest BCUT2D eigenvalue weighted by atomic mass is 31.3. The van der Waals surface area contributed by atoms with E-state index in [4.69, 9.17) is 0 Å². The Kier molecular flexibility index (Phi) is 5.78. The number of hydrogen-bond acceptors (Lipinski definition) is 5. The minimum Gasteiger partial charge on any atom is -0.247 e. The maximum Gasteiger partial charge on any atom is 0.514 e. The molecule has 0 spiro atoms. The fourth-order valence-electron chi connectivity index (χ4n) is 0.572. The first-order chi connectivity index (χ1) is 5.89. The van der Waals surface area contributed by atoms with E-state index < -0.39 is 23.7 Å². The van der Waals surface area contributed by atoms with Gasteiger partial charge in [-0.05, 0) is 24.7 Å². The molecule has 2 unspecified atom stereocenters. The van der Waals surface area contributed by atoms with E-state index in [1.54, 1.807) is 6.92 Å². The molecule has 0 N–H and O–H groups in total. The molecule has 0 amide bonds. The van der Waals surface area contributed by atoms with Crippen LogP contribution in [0.4, 0.5) is 0 Å². The smallest absolute Gasteiger partial charge is 0.247 e. The molecule has 0 saturated heterocycles. The van der Waals surface area contributed by atoms with Crippen LogP contribution in [-0.4, -0.2) is 13.3 Å². The minimum absolute atomic E-state index is 1.13. The Morgan fingerprint density at radius 3 is 1.77 bits per heavy atom. The van der Waals surface area contributed by atoms with Crippen LogP contribution in [0.2, 0.25) is 0 Å². The first kappa shape index (κ1) is 13.1. The predicted octanol–water partition coefficient (Wildman–Crippen LogP) is 3.49. The summed E-state index contributed by atoms with van der Waals surface area (Å²) in [4.78, 5) is 0. The molecule has 0 radical (unpaired) electrons. The quantitative estimate of drug-likeness (QED) is 0.692. The summed E-state index contributed by atoms with van der Waals surface area (Å²) in [5, 5.41) is 0. The highest BCUT2D eigenvalue weighted by Gasteiger charge is 2.38. The molecular weight excluding hydrogens is 233 g/mol. The van der Waals surface area contributed by atoms with E-state index in [-0.39, 0.29) is 0 Å². The van der Waals surface area contributed by atoms with Crippen LogP contribution in [0.15, 0.2) is 11.9 Å². The lowest BCUT2D eigenvalue weighted by Crippen LogP contribution is -1.80. The topological polar surface area (TPSA) is 69.7 Å². The van der Waals surface area contributed by atoms with Crippen molar-refractivity contribution in [1.82, 2.24) is 0 Å². The zero-order valence-corrected chi connectivity index (χ0v) is 10.2. The molecule has 0 aliphatic heterocycles. The Labute approximate surface area is 78.8 Å². The van der Waals surface area contributed by atoms with E-state index in [2.05, 4.69) is 8.62 Å². The molecule has 0 rings (SSSR count). The van der Waals surface area contributed by atoms with Crippen LogP contribution in [0.5, 0.6) is 0 Å². The lowest BCUT2D eigenvalue weighted by molar-refractivity contribution is 0.405. The molecule has 8 heteroatoms. The van der Waals surface area contributed by atoms with Crippen molar-refractivity contribution < 1.29 is 22.3 Å².